The standard InChI is InChI=1S/C21H27BrN4O2/c1-3-20(27)26-10-8-18(14-26)25-21(23-2)24-9-11-28-19-7-5-15-12-17(22)6-4-16(15)13-19/h4-7,12-13,18H,3,8-11,14H2,1-2H3,(H2,23,24,25). The lowest BCUT2D eigenvalue weighted by atomic mass is 10.1. The number of halogens is 1. The van der Waals surface area contributed by atoms with Gasteiger partial charge in [0, 0.05) is 37.1 Å². The van der Waals surface area contributed by atoms with Crippen molar-refractivity contribution >= 4 is 38.6 Å². The molecule has 28 heavy (non-hydrogen) atoms. The maximum Gasteiger partial charge on any atom is 0.222 e. The van der Waals surface area contributed by atoms with Gasteiger partial charge < -0.3 is 20.3 Å². The lowest BCUT2D eigenvalue weighted by Crippen LogP contribution is -2.46. The Balaban J connectivity index is 1.42. The van der Waals surface area contributed by atoms with Crippen LogP contribution in [0.4, 0.5) is 0 Å². The van der Waals surface area contributed by atoms with Crippen LogP contribution in [-0.4, -0.2) is 56.1 Å². The van der Waals surface area contributed by atoms with Crippen LogP contribution in [0.25, 0.3) is 10.8 Å². The second-order valence-corrected chi connectivity index (χ2v) is 7.74. The van der Waals surface area contributed by atoms with Gasteiger partial charge in [-0.3, -0.25) is 9.79 Å². The molecule has 0 aromatic heterocycles. The number of carbonyl (C=O) groups excluding carboxylic acids is 1. The molecular weight excluding hydrogens is 420 g/mol. The van der Waals surface area contributed by atoms with E-state index in [0.717, 1.165) is 41.1 Å². The Morgan fingerprint density at radius 1 is 1.29 bits per heavy atom. The van der Waals surface area contributed by atoms with Crippen LogP contribution in [0.15, 0.2) is 45.9 Å². The first-order valence-corrected chi connectivity index (χ1v) is 10.5. The third-order valence-corrected chi connectivity index (χ3v) is 5.34. The largest absolute Gasteiger partial charge is 0.492 e. The molecule has 2 N–H and O–H groups in total. The molecule has 2 aromatic carbocycles. The van der Waals surface area contributed by atoms with Crippen molar-refractivity contribution in [3.63, 3.8) is 0 Å². The minimum atomic E-state index is 0.211. The van der Waals surface area contributed by atoms with Crippen LogP contribution in [0.2, 0.25) is 0 Å². The van der Waals surface area contributed by atoms with Crippen molar-refractivity contribution in [3.05, 3.63) is 40.9 Å². The zero-order chi connectivity index (χ0) is 19.9. The van der Waals surface area contributed by atoms with Gasteiger partial charge in [0.15, 0.2) is 5.96 Å². The molecule has 1 aliphatic heterocycles. The van der Waals surface area contributed by atoms with Gasteiger partial charge in [0.05, 0.1) is 6.54 Å². The Morgan fingerprint density at radius 2 is 2.07 bits per heavy atom. The van der Waals surface area contributed by atoms with Crippen molar-refractivity contribution in [2.45, 2.75) is 25.8 Å². The summed E-state index contributed by atoms with van der Waals surface area (Å²) in [5.74, 6) is 1.80. The number of amides is 1. The molecule has 1 saturated heterocycles. The number of hydrogen-bond acceptors (Lipinski definition) is 3. The van der Waals surface area contributed by atoms with Crippen LogP contribution in [-0.2, 0) is 4.79 Å². The fourth-order valence-electron chi connectivity index (χ4n) is 3.34. The summed E-state index contributed by atoms with van der Waals surface area (Å²) in [6.07, 6.45) is 1.50. The number of nitrogens with zero attached hydrogens (tertiary/aromatic N) is 2. The van der Waals surface area contributed by atoms with E-state index in [1.807, 2.05) is 30.0 Å². The van der Waals surface area contributed by atoms with Crippen molar-refractivity contribution in [1.82, 2.24) is 15.5 Å². The van der Waals surface area contributed by atoms with Gasteiger partial charge in [-0.15, -0.1) is 0 Å². The summed E-state index contributed by atoms with van der Waals surface area (Å²) in [6.45, 7) is 4.62. The fourth-order valence-corrected chi connectivity index (χ4v) is 3.72. The summed E-state index contributed by atoms with van der Waals surface area (Å²) < 4.78 is 6.93. The van der Waals surface area contributed by atoms with Crippen LogP contribution >= 0.6 is 15.9 Å². The first kappa shape index (κ1) is 20.5. The van der Waals surface area contributed by atoms with E-state index in [-0.39, 0.29) is 11.9 Å². The molecule has 0 radical (unpaired) electrons. The van der Waals surface area contributed by atoms with Crippen molar-refractivity contribution in [2.75, 3.05) is 33.3 Å². The molecular formula is C21H27BrN4O2. The number of hydrogen-bond donors (Lipinski definition) is 2. The maximum absolute atomic E-state index is 11.8. The van der Waals surface area contributed by atoms with Gasteiger partial charge in [0.25, 0.3) is 0 Å². The highest BCUT2D eigenvalue weighted by Gasteiger charge is 2.25. The number of rotatable bonds is 6. The van der Waals surface area contributed by atoms with E-state index in [9.17, 15) is 4.79 Å². The molecule has 1 fully saturated rings. The Labute approximate surface area is 174 Å². The summed E-state index contributed by atoms with van der Waals surface area (Å²) in [6, 6.07) is 12.5. The first-order chi connectivity index (χ1) is 13.6. The van der Waals surface area contributed by atoms with Gasteiger partial charge in [-0.05, 0) is 41.5 Å². The molecule has 0 saturated carbocycles. The number of fused-ring (bicyclic) bond motifs is 1. The van der Waals surface area contributed by atoms with Crippen LogP contribution in [0.1, 0.15) is 19.8 Å². The molecule has 3 rings (SSSR count). The van der Waals surface area contributed by atoms with E-state index in [4.69, 9.17) is 4.74 Å². The van der Waals surface area contributed by atoms with E-state index in [2.05, 4.69) is 49.8 Å². The number of benzene rings is 2. The highest BCUT2D eigenvalue weighted by molar-refractivity contribution is 9.10. The predicted octanol–water partition coefficient (Wildman–Crippen LogP) is 3.16. The maximum atomic E-state index is 11.8. The van der Waals surface area contributed by atoms with Gasteiger partial charge in [-0.1, -0.05) is 35.0 Å². The SMILES string of the molecule is CCC(=O)N1CCC(NC(=NC)NCCOc2ccc3cc(Br)ccc3c2)C1. The van der Waals surface area contributed by atoms with Crippen molar-refractivity contribution in [2.24, 2.45) is 4.99 Å². The summed E-state index contributed by atoms with van der Waals surface area (Å²) in [5, 5.41) is 8.99. The molecule has 150 valence electrons. The lowest BCUT2D eigenvalue weighted by Gasteiger charge is -2.18. The first-order valence-electron chi connectivity index (χ1n) is 9.66. The zero-order valence-electron chi connectivity index (χ0n) is 16.4. The Kier molecular flexibility index (Phi) is 7.14. The van der Waals surface area contributed by atoms with Gasteiger partial charge in [0.1, 0.15) is 12.4 Å². The van der Waals surface area contributed by atoms with Gasteiger partial charge in [-0.25, -0.2) is 0 Å². The van der Waals surface area contributed by atoms with Crippen molar-refractivity contribution < 1.29 is 9.53 Å². The molecule has 6 nitrogen and oxygen atoms in total. The fraction of sp³-hybridized carbons (Fsp3) is 0.429. The van der Waals surface area contributed by atoms with E-state index >= 15 is 0 Å². The smallest absolute Gasteiger partial charge is 0.222 e. The number of carbonyl (C=O) groups is 1. The van der Waals surface area contributed by atoms with Crippen LogP contribution < -0.4 is 15.4 Å². The molecule has 0 aliphatic carbocycles. The van der Waals surface area contributed by atoms with E-state index < -0.39 is 0 Å². The number of nitrogens with one attached hydrogen (secondary N) is 2. The molecule has 1 heterocycles. The number of aliphatic imine (C=N–C) groups is 1. The lowest BCUT2D eigenvalue weighted by molar-refractivity contribution is -0.129. The Hall–Kier alpha value is -2.28. The molecule has 1 aliphatic rings. The minimum Gasteiger partial charge on any atom is -0.492 e. The highest BCUT2D eigenvalue weighted by Crippen LogP contribution is 2.24. The predicted molar refractivity (Wildman–Crippen MR) is 117 cm³/mol. The van der Waals surface area contributed by atoms with Crippen LogP contribution in [0.5, 0.6) is 5.75 Å². The van der Waals surface area contributed by atoms with Crippen molar-refractivity contribution in [3.8, 4) is 5.75 Å². The van der Waals surface area contributed by atoms with Gasteiger partial charge >= 0.3 is 0 Å². The topological polar surface area (TPSA) is 66.0 Å². The third kappa shape index (κ3) is 5.38. The minimum absolute atomic E-state index is 0.211. The molecule has 1 amide bonds. The average molecular weight is 447 g/mol. The average Bonchev–Trinajstić information content (AvgIpc) is 3.18. The monoisotopic (exact) mass is 446 g/mol. The van der Waals surface area contributed by atoms with E-state index in [1.54, 1.807) is 7.05 Å². The number of ether oxygens (including phenoxy) is 1. The van der Waals surface area contributed by atoms with Gasteiger partial charge in [-0.2, -0.15) is 0 Å². The molecule has 2 aromatic rings. The second-order valence-electron chi connectivity index (χ2n) is 6.82. The third-order valence-electron chi connectivity index (χ3n) is 4.84. The number of likely N-dealkylation sites (tertiary alicyclic amines) is 1. The van der Waals surface area contributed by atoms with E-state index in [0.29, 0.717) is 19.6 Å². The summed E-state index contributed by atoms with van der Waals surface area (Å²) in [7, 11) is 1.75. The Morgan fingerprint density at radius 3 is 2.86 bits per heavy atom. The molecule has 1 unspecified atom stereocenters. The summed E-state index contributed by atoms with van der Waals surface area (Å²) in [5.41, 5.74) is 0. The molecule has 7 heteroatoms. The molecule has 0 spiro atoms. The summed E-state index contributed by atoms with van der Waals surface area (Å²) in [4.78, 5) is 18.0. The highest BCUT2D eigenvalue weighted by atomic mass is 79.9. The quantitative estimate of drug-likeness (QED) is 0.406. The van der Waals surface area contributed by atoms with Crippen LogP contribution in [0.3, 0.4) is 0 Å². The van der Waals surface area contributed by atoms with E-state index in [1.165, 1.54) is 5.39 Å². The molecule has 1 atom stereocenters. The zero-order valence-corrected chi connectivity index (χ0v) is 18.0. The van der Waals surface area contributed by atoms with Gasteiger partial charge in [0.2, 0.25) is 5.91 Å². The van der Waals surface area contributed by atoms with Crippen LogP contribution in [0, 0.1) is 0 Å². The summed E-state index contributed by atoms with van der Waals surface area (Å²) >= 11 is 3.49. The second kappa shape index (κ2) is 9.78. The Bertz CT molecular complexity index is 855. The normalized spacial score (nSPS) is 17.0. The number of guanidine groups is 1. The molecule has 0 bridgehead atoms. The van der Waals surface area contributed by atoms with Crippen molar-refractivity contribution in [1.29, 1.82) is 0 Å².